The molecule has 1 aliphatic rings. The van der Waals surface area contributed by atoms with Crippen molar-refractivity contribution in [1.29, 1.82) is 10.5 Å². The van der Waals surface area contributed by atoms with E-state index in [4.69, 9.17) is 20.6 Å². The summed E-state index contributed by atoms with van der Waals surface area (Å²) in [5.41, 5.74) is 7.15. The summed E-state index contributed by atoms with van der Waals surface area (Å²) in [4.78, 5) is 9.59. The maximum atomic E-state index is 9.41. The molecule has 1 heterocycles. The second-order valence-corrected chi connectivity index (χ2v) is 7.39. The highest BCUT2D eigenvalue weighted by molar-refractivity contribution is 6.04. The van der Waals surface area contributed by atoms with Gasteiger partial charge in [0.2, 0.25) is 0 Å². The number of benzene rings is 2. The molecule has 160 valence electrons. The highest BCUT2D eigenvalue weighted by Gasteiger charge is 2.07. The summed E-state index contributed by atoms with van der Waals surface area (Å²) >= 11 is 0. The van der Waals surface area contributed by atoms with Crippen molar-refractivity contribution < 1.29 is 0 Å². The van der Waals surface area contributed by atoms with Gasteiger partial charge in [-0.3, -0.25) is 9.98 Å². The average Bonchev–Trinajstić information content (AvgIpc) is 2.77. The van der Waals surface area contributed by atoms with E-state index in [1.807, 2.05) is 76.2 Å². The molecule has 32 heavy (non-hydrogen) atoms. The first-order chi connectivity index (χ1) is 15.4. The normalized spacial score (nSPS) is 18.9. The number of fused-ring (bicyclic) bond motifs is 2. The van der Waals surface area contributed by atoms with Crippen LogP contribution in [0.25, 0.3) is 10.6 Å². The van der Waals surface area contributed by atoms with Gasteiger partial charge in [0.25, 0.3) is 0 Å². The lowest BCUT2D eigenvalue weighted by Gasteiger charge is -2.30. The summed E-state index contributed by atoms with van der Waals surface area (Å²) in [5.74, 6) is 0. The first kappa shape index (κ1) is 22.5. The summed E-state index contributed by atoms with van der Waals surface area (Å²) < 4.78 is 0. The van der Waals surface area contributed by atoms with E-state index >= 15 is 0 Å². The monoisotopic (exact) mass is 420 g/mol. The fourth-order valence-corrected chi connectivity index (χ4v) is 3.49. The van der Waals surface area contributed by atoms with E-state index in [2.05, 4.69) is 12.1 Å². The minimum Gasteiger partial charge on any atom is -0.659 e. The standard InChI is InChI=1S/C26H24N6/c1-17-21(13-15-27)18(2)30-25-11-7-8-12-26(25)32-20(4)22(14-16-28)19(3)31-24-10-6-5-9-23(24)29-17/h5-12H,13-14H2,1-4H3/q-2/b21-17-,22-20-,30-18?,31-19?. The van der Waals surface area contributed by atoms with Crippen LogP contribution in [-0.2, 0) is 0 Å². The number of nitriles is 2. The third-order valence-electron chi connectivity index (χ3n) is 5.17. The Morgan fingerprint density at radius 2 is 1.03 bits per heavy atom. The first-order valence-electron chi connectivity index (χ1n) is 10.3. The summed E-state index contributed by atoms with van der Waals surface area (Å²) in [6, 6.07) is 19.6. The fraction of sp³-hybridized carbons (Fsp3) is 0.231. The van der Waals surface area contributed by atoms with Gasteiger partial charge in [0.1, 0.15) is 0 Å². The first-order valence-corrected chi connectivity index (χ1v) is 10.3. The van der Waals surface area contributed by atoms with Crippen LogP contribution < -0.4 is 0 Å². The molecule has 3 rings (SSSR count). The average molecular weight is 421 g/mol. The quantitative estimate of drug-likeness (QED) is 0.492. The van der Waals surface area contributed by atoms with E-state index in [-0.39, 0.29) is 12.8 Å². The van der Waals surface area contributed by atoms with Gasteiger partial charge in [-0.2, -0.15) is 21.9 Å². The second kappa shape index (κ2) is 10.2. The molecular formula is C26H24N6-2. The number of hydrogen-bond donors (Lipinski definition) is 0. The van der Waals surface area contributed by atoms with Gasteiger partial charge in [0, 0.05) is 22.8 Å². The molecule has 0 unspecified atom stereocenters. The van der Waals surface area contributed by atoms with Crippen molar-refractivity contribution in [2.24, 2.45) is 9.98 Å². The van der Waals surface area contributed by atoms with Crippen molar-refractivity contribution in [3.63, 3.8) is 0 Å². The molecule has 0 amide bonds. The third-order valence-corrected chi connectivity index (χ3v) is 5.17. The molecule has 2 aromatic carbocycles. The van der Waals surface area contributed by atoms with Crippen LogP contribution >= 0.6 is 0 Å². The van der Waals surface area contributed by atoms with E-state index < -0.39 is 0 Å². The zero-order chi connectivity index (χ0) is 23.1. The fourth-order valence-electron chi connectivity index (χ4n) is 3.49. The Bertz CT molecular complexity index is 1130. The highest BCUT2D eigenvalue weighted by Crippen LogP contribution is 2.39. The van der Waals surface area contributed by atoms with Gasteiger partial charge in [-0.05, 0) is 37.1 Å². The lowest BCUT2D eigenvalue weighted by atomic mass is 10.0. The topological polar surface area (TPSA) is 100 Å². The second-order valence-electron chi connectivity index (χ2n) is 7.39. The number of hydrogen-bond acceptors (Lipinski definition) is 4. The molecule has 0 bridgehead atoms. The molecule has 2 aromatic rings. The van der Waals surface area contributed by atoms with Crippen LogP contribution in [0.5, 0.6) is 0 Å². The van der Waals surface area contributed by atoms with Crippen molar-refractivity contribution in [2.75, 3.05) is 0 Å². The van der Waals surface area contributed by atoms with Crippen molar-refractivity contribution >= 4 is 34.2 Å². The molecule has 6 nitrogen and oxygen atoms in total. The van der Waals surface area contributed by atoms with Crippen molar-refractivity contribution in [3.8, 4) is 12.1 Å². The molecule has 0 atom stereocenters. The van der Waals surface area contributed by atoms with Crippen molar-refractivity contribution in [2.45, 2.75) is 40.5 Å². The number of allylic oxidation sites excluding steroid dienone is 4. The molecule has 0 saturated carbocycles. The molecular weight excluding hydrogens is 396 g/mol. The Labute approximate surface area is 189 Å². The van der Waals surface area contributed by atoms with Gasteiger partial charge in [-0.1, -0.05) is 50.2 Å². The molecule has 0 fully saturated rings. The summed E-state index contributed by atoms with van der Waals surface area (Å²) in [6.07, 6.45) is 0.388. The SMILES string of the molecule is CC1=Nc2ccccc2[N-]/C(C)=C(/CC#N)C(C)=Nc2ccccc2[N-]/C(C)=C\1CC#N. The van der Waals surface area contributed by atoms with E-state index in [1.165, 1.54) is 0 Å². The third kappa shape index (κ3) is 5.11. The van der Waals surface area contributed by atoms with Crippen molar-refractivity contribution in [1.82, 2.24) is 0 Å². The minimum atomic E-state index is 0.194. The Hall–Kier alpha value is -4.16. The van der Waals surface area contributed by atoms with E-state index in [0.29, 0.717) is 45.6 Å². The van der Waals surface area contributed by atoms with Crippen LogP contribution in [-0.4, -0.2) is 11.4 Å². The number of rotatable bonds is 2. The summed E-state index contributed by atoms with van der Waals surface area (Å²) in [7, 11) is 0. The molecule has 0 aromatic heterocycles. The Morgan fingerprint density at radius 1 is 0.656 bits per heavy atom. The number of aliphatic imine (C=N–C) groups is 2. The molecule has 0 aliphatic carbocycles. The number of para-hydroxylation sites is 4. The van der Waals surface area contributed by atoms with Crippen LogP contribution in [0.1, 0.15) is 40.5 Å². The van der Waals surface area contributed by atoms with E-state index in [9.17, 15) is 10.5 Å². The van der Waals surface area contributed by atoms with E-state index in [0.717, 1.165) is 11.1 Å². The van der Waals surface area contributed by atoms with Crippen LogP contribution in [0.4, 0.5) is 22.7 Å². The predicted octanol–water partition coefficient (Wildman–Crippen LogP) is 7.97. The maximum Gasteiger partial charge on any atom is 0.0669 e. The Morgan fingerprint density at radius 3 is 1.41 bits per heavy atom. The molecule has 0 saturated heterocycles. The lowest BCUT2D eigenvalue weighted by Crippen LogP contribution is -2.02. The van der Waals surface area contributed by atoms with Crippen LogP contribution in [0.3, 0.4) is 0 Å². The zero-order valence-electron chi connectivity index (χ0n) is 18.7. The molecule has 0 spiro atoms. The van der Waals surface area contributed by atoms with Gasteiger partial charge in [-0.25, -0.2) is 0 Å². The van der Waals surface area contributed by atoms with E-state index in [1.54, 1.807) is 0 Å². The molecule has 0 radical (unpaired) electrons. The summed E-state index contributed by atoms with van der Waals surface area (Å²) in [6.45, 7) is 7.53. The number of nitrogens with zero attached hydrogens (tertiary/aromatic N) is 6. The zero-order valence-corrected chi connectivity index (χ0v) is 18.7. The van der Waals surface area contributed by atoms with Gasteiger partial charge in [0.05, 0.1) is 25.0 Å². The molecule has 1 aliphatic heterocycles. The van der Waals surface area contributed by atoms with Crippen LogP contribution in [0.2, 0.25) is 0 Å². The summed E-state index contributed by atoms with van der Waals surface area (Å²) in [5, 5.41) is 28.4. The van der Waals surface area contributed by atoms with Gasteiger partial charge >= 0.3 is 0 Å². The maximum absolute atomic E-state index is 9.41. The Kier molecular flexibility index (Phi) is 7.21. The Balaban J connectivity index is 2.30. The van der Waals surface area contributed by atoms with Crippen molar-refractivity contribution in [3.05, 3.63) is 81.7 Å². The van der Waals surface area contributed by atoms with Crippen LogP contribution in [0, 0.1) is 22.7 Å². The molecule has 6 heteroatoms. The predicted molar refractivity (Wildman–Crippen MR) is 130 cm³/mol. The highest BCUT2D eigenvalue weighted by atomic mass is 15.0. The smallest absolute Gasteiger partial charge is 0.0669 e. The van der Waals surface area contributed by atoms with Gasteiger partial charge in [0.15, 0.2) is 0 Å². The largest absolute Gasteiger partial charge is 0.659 e. The van der Waals surface area contributed by atoms with Crippen LogP contribution in [0.15, 0.2) is 81.1 Å². The van der Waals surface area contributed by atoms with Gasteiger partial charge < -0.3 is 10.6 Å². The molecule has 0 N–H and O–H groups in total. The minimum absolute atomic E-state index is 0.194. The lowest BCUT2D eigenvalue weighted by molar-refractivity contribution is 1.22. The van der Waals surface area contributed by atoms with Gasteiger partial charge in [-0.15, -0.1) is 11.4 Å².